The van der Waals surface area contributed by atoms with Crippen LogP contribution < -0.4 is 0 Å². The van der Waals surface area contributed by atoms with Crippen molar-refractivity contribution in [2.45, 2.75) is 0 Å². The zero-order valence-electron chi connectivity index (χ0n) is 44.0. The molecule has 0 unspecified atom stereocenters. The second-order valence-corrected chi connectivity index (χ2v) is 21.7. The molecule has 7 aromatic heterocycles. The largest absolute Gasteiger partial charge is 0.309 e. The van der Waals surface area contributed by atoms with Gasteiger partial charge in [0.05, 0.1) is 88.0 Å². The normalized spacial score (nSPS) is 12.4. The van der Waals surface area contributed by atoms with Crippen molar-refractivity contribution in [3.8, 4) is 22.7 Å². The molecule has 0 atom stereocenters. The predicted octanol–water partition coefficient (Wildman–Crippen LogP) is 18.5. The van der Waals surface area contributed by atoms with E-state index in [0.29, 0.717) is 0 Å². The molecule has 0 spiro atoms. The Morgan fingerprint density at radius 1 is 0.195 bits per heavy atom. The van der Waals surface area contributed by atoms with Gasteiger partial charge in [-0.2, -0.15) is 0 Å². The predicted molar refractivity (Wildman–Crippen MR) is 340 cm³/mol. The summed E-state index contributed by atoms with van der Waals surface area (Å²) in [5.41, 5.74) is 21.3. The van der Waals surface area contributed by atoms with Crippen LogP contribution in [-0.4, -0.2) is 37.0 Å². The van der Waals surface area contributed by atoms with Gasteiger partial charge in [-0.15, -0.1) is 0 Å². The average molecular weight is 1050 g/mol. The van der Waals surface area contributed by atoms with Crippen LogP contribution in [0.2, 0.25) is 0 Å². The van der Waals surface area contributed by atoms with Crippen LogP contribution in [0.4, 0.5) is 0 Å². The first-order valence-electron chi connectivity index (χ1n) is 28.0. The topological polar surface area (TPSA) is 54.3 Å². The van der Waals surface area contributed by atoms with Gasteiger partial charge in [-0.25, -0.2) is 9.97 Å². The lowest BCUT2D eigenvalue weighted by Gasteiger charge is -2.13. The van der Waals surface area contributed by atoms with E-state index in [1.165, 1.54) is 43.6 Å². The zero-order valence-corrected chi connectivity index (χ0v) is 44.0. The molecule has 0 saturated carbocycles. The van der Waals surface area contributed by atoms with Crippen molar-refractivity contribution >= 4 is 142 Å². The third-order valence-corrected chi connectivity index (χ3v) is 17.5. The second kappa shape index (κ2) is 16.2. The van der Waals surface area contributed by atoms with Crippen LogP contribution in [-0.2, 0) is 0 Å². The number of para-hydroxylation sites is 10. The first kappa shape index (κ1) is 43.7. The summed E-state index contributed by atoms with van der Waals surface area (Å²) in [6.45, 7) is 0. The van der Waals surface area contributed by atoms with Gasteiger partial charge in [0.1, 0.15) is 11.3 Å². The Morgan fingerprint density at radius 3 is 0.927 bits per heavy atom. The summed E-state index contributed by atoms with van der Waals surface area (Å²) in [7, 11) is 0. The Labute approximate surface area is 466 Å². The zero-order chi connectivity index (χ0) is 53.3. The summed E-state index contributed by atoms with van der Waals surface area (Å²) in [5.74, 6) is 0. The highest BCUT2D eigenvalue weighted by molar-refractivity contribution is 6.29. The van der Waals surface area contributed by atoms with E-state index in [4.69, 9.17) is 9.97 Å². The molecular weight excluding hydrogens is 1000 g/mol. The Bertz CT molecular complexity index is 5640. The van der Waals surface area contributed by atoms with Gasteiger partial charge in [0, 0.05) is 65.8 Å². The van der Waals surface area contributed by atoms with E-state index in [0.717, 1.165) is 122 Å². The number of rotatable bonds is 4. The first-order valence-corrected chi connectivity index (χ1v) is 28.0. The minimum Gasteiger partial charge on any atom is -0.309 e. The Kier molecular flexibility index (Phi) is 8.63. The molecule has 8 heteroatoms. The lowest BCUT2D eigenvalue weighted by atomic mass is 10.1. The fraction of sp³-hybridized carbons (Fsp3) is 0. The van der Waals surface area contributed by atoms with Crippen molar-refractivity contribution in [1.82, 2.24) is 37.0 Å². The molecule has 0 amide bonds. The maximum atomic E-state index is 5.76. The van der Waals surface area contributed by atoms with Crippen molar-refractivity contribution in [3.05, 3.63) is 267 Å². The van der Waals surface area contributed by atoms with E-state index in [9.17, 15) is 0 Å². The molecule has 0 saturated heterocycles. The van der Waals surface area contributed by atoms with Crippen LogP contribution in [0.15, 0.2) is 267 Å². The van der Waals surface area contributed by atoms with E-state index in [2.05, 4.69) is 294 Å². The minimum absolute atomic E-state index is 0.874. The summed E-state index contributed by atoms with van der Waals surface area (Å²) in [6.07, 6.45) is 0. The molecule has 0 aliphatic carbocycles. The molecule has 0 aliphatic rings. The molecule has 0 fully saturated rings. The summed E-state index contributed by atoms with van der Waals surface area (Å²) in [4.78, 5) is 11.5. The minimum atomic E-state index is 0.874. The summed E-state index contributed by atoms with van der Waals surface area (Å²) in [5, 5.41) is 11.5. The number of nitrogens with zero attached hydrogens (tertiary/aromatic N) is 8. The molecule has 82 heavy (non-hydrogen) atoms. The number of hydrogen-bond donors (Lipinski definition) is 0. The molecule has 0 radical (unpaired) electrons. The van der Waals surface area contributed by atoms with Crippen LogP contribution in [0.1, 0.15) is 0 Å². The SMILES string of the molecule is c1ccc(-n2c3ccccc3c3cc(-n4c5ccccc5c5c6c(ccc54)n4c5ccccc5nc4c4c5c7ccccc7n(-c7ccc8c(c7)c7ccccc7n8-c7ccccc7)c5ccc4n4c5ccccc5nc64)ccc32)cc1. The van der Waals surface area contributed by atoms with E-state index >= 15 is 0 Å². The van der Waals surface area contributed by atoms with Crippen molar-refractivity contribution < 1.29 is 0 Å². The van der Waals surface area contributed by atoms with Gasteiger partial charge in [-0.05, 0) is 133 Å². The first-order chi connectivity index (χ1) is 40.7. The third-order valence-electron chi connectivity index (χ3n) is 17.5. The Morgan fingerprint density at radius 2 is 0.500 bits per heavy atom. The van der Waals surface area contributed by atoms with Gasteiger partial charge in [0.15, 0.2) is 0 Å². The summed E-state index contributed by atoms with van der Waals surface area (Å²) >= 11 is 0. The molecule has 380 valence electrons. The van der Waals surface area contributed by atoms with Crippen LogP contribution in [0, 0.1) is 0 Å². The average Bonchev–Trinajstić information content (AvgIpc) is 3.18. The quantitative estimate of drug-likeness (QED) is 0.176. The van der Waals surface area contributed by atoms with Gasteiger partial charge in [-0.1, -0.05) is 133 Å². The van der Waals surface area contributed by atoms with Gasteiger partial charge < -0.3 is 18.3 Å². The monoisotopic (exact) mass is 1040 g/mol. The Hall–Kier alpha value is -11.2. The van der Waals surface area contributed by atoms with E-state index in [1.54, 1.807) is 0 Å². The second-order valence-electron chi connectivity index (χ2n) is 21.7. The Balaban J connectivity index is 0.962. The van der Waals surface area contributed by atoms with Gasteiger partial charge in [0.25, 0.3) is 0 Å². The van der Waals surface area contributed by atoms with Crippen LogP contribution in [0.5, 0.6) is 0 Å². The van der Waals surface area contributed by atoms with Gasteiger partial charge >= 0.3 is 0 Å². The standard InChI is InChI=1S/C74H44N8/c1-3-19-45(20-4-1)77-57-29-13-7-23-49(57)53-43-47(35-37-61(53)77)79-59-31-15-9-25-51(59)69-65(79)39-41-67-71(69)73-75-55-27-11-18-34-64(55)82(73)68-42-40-66-70(72(68)74-76-56-28-12-17-33-63(56)81(67)74)52-26-10-16-32-60(52)80(66)48-36-38-62-54(44-48)50-24-8-14-30-58(50)78(62)46-21-5-2-6-22-46/h1-44H. The number of fused-ring (bicyclic) bond motifs is 26. The van der Waals surface area contributed by atoms with E-state index in [-0.39, 0.29) is 0 Å². The third kappa shape index (κ3) is 5.73. The molecule has 12 aromatic carbocycles. The maximum Gasteiger partial charge on any atom is 0.148 e. The van der Waals surface area contributed by atoms with Crippen LogP contribution in [0.3, 0.4) is 0 Å². The lowest BCUT2D eigenvalue weighted by Crippen LogP contribution is -1.98. The highest BCUT2D eigenvalue weighted by Crippen LogP contribution is 2.45. The molecule has 19 rings (SSSR count). The fourth-order valence-electron chi connectivity index (χ4n) is 14.3. The fourth-order valence-corrected chi connectivity index (χ4v) is 14.3. The van der Waals surface area contributed by atoms with Gasteiger partial charge in [0.2, 0.25) is 0 Å². The van der Waals surface area contributed by atoms with Crippen molar-refractivity contribution in [3.63, 3.8) is 0 Å². The number of aromatic nitrogens is 8. The molecule has 19 aromatic rings. The maximum absolute atomic E-state index is 5.76. The molecule has 0 bridgehead atoms. The summed E-state index contributed by atoms with van der Waals surface area (Å²) in [6, 6.07) is 97.2. The van der Waals surface area contributed by atoms with Crippen LogP contribution >= 0.6 is 0 Å². The molecule has 8 nitrogen and oxygen atoms in total. The van der Waals surface area contributed by atoms with Gasteiger partial charge in [-0.3, -0.25) is 8.80 Å². The smallest absolute Gasteiger partial charge is 0.148 e. The molecule has 0 aliphatic heterocycles. The lowest BCUT2D eigenvalue weighted by molar-refractivity contribution is 1.16. The molecule has 7 heterocycles. The van der Waals surface area contributed by atoms with Crippen LogP contribution in [0.25, 0.3) is 165 Å². The highest BCUT2D eigenvalue weighted by Gasteiger charge is 2.26. The van der Waals surface area contributed by atoms with E-state index < -0.39 is 0 Å². The molecule has 0 N–H and O–H groups in total. The molecular formula is C74H44N8. The summed E-state index contributed by atoms with van der Waals surface area (Å²) < 4.78 is 14.5. The van der Waals surface area contributed by atoms with Crippen molar-refractivity contribution in [1.29, 1.82) is 0 Å². The van der Waals surface area contributed by atoms with E-state index in [1.807, 2.05) is 0 Å². The van der Waals surface area contributed by atoms with Crippen molar-refractivity contribution in [2.24, 2.45) is 0 Å². The number of hydrogen-bond acceptors (Lipinski definition) is 2. The highest BCUT2D eigenvalue weighted by atomic mass is 15.1. The number of imidazole rings is 2. The van der Waals surface area contributed by atoms with Crippen molar-refractivity contribution in [2.75, 3.05) is 0 Å². The number of benzene rings is 12.